The highest BCUT2D eigenvalue weighted by atomic mass is 35.5. The van der Waals surface area contributed by atoms with Gasteiger partial charge >= 0.3 is 5.97 Å². The summed E-state index contributed by atoms with van der Waals surface area (Å²) in [5.41, 5.74) is -0.444. The maximum atomic E-state index is 13.4. The zero-order valence-electron chi connectivity index (χ0n) is 8.54. The van der Waals surface area contributed by atoms with Crippen LogP contribution in [-0.4, -0.2) is 25.1 Å². The summed E-state index contributed by atoms with van der Waals surface area (Å²) in [6.45, 7) is 0. The molecule has 0 aliphatic heterocycles. The molecule has 1 rings (SSSR count). The Hall–Kier alpha value is -1.07. The lowest BCUT2D eigenvalue weighted by Gasteiger charge is -2.07. The minimum absolute atomic E-state index is 0.0668. The Morgan fingerprint density at radius 3 is 2.56 bits per heavy atom. The van der Waals surface area contributed by atoms with Crippen LogP contribution >= 0.6 is 23.4 Å². The second-order valence-corrected chi connectivity index (χ2v) is 3.99. The van der Waals surface area contributed by atoms with E-state index in [-0.39, 0.29) is 5.02 Å². The number of Topliss-reactive ketones (excluding diaryl/α,β-unsaturated/α-hetero) is 1. The second-order valence-electron chi connectivity index (χ2n) is 2.76. The van der Waals surface area contributed by atoms with Gasteiger partial charge in [0.25, 0.3) is 5.78 Å². The molecule has 0 saturated heterocycles. The molecule has 0 aliphatic carbocycles. The van der Waals surface area contributed by atoms with Crippen molar-refractivity contribution in [2.75, 3.05) is 13.4 Å². The van der Waals surface area contributed by atoms with Crippen molar-refractivity contribution in [3.8, 4) is 0 Å². The van der Waals surface area contributed by atoms with Gasteiger partial charge in [-0.1, -0.05) is 11.6 Å². The van der Waals surface area contributed by atoms with E-state index in [1.54, 1.807) is 6.26 Å². The molecule has 0 spiro atoms. The van der Waals surface area contributed by atoms with Crippen LogP contribution in [-0.2, 0) is 9.53 Å². The van der Waals surface area contributed by atoms with Crippen LogP contribution in [0.1, 0.15) is 10.4 Å². The number of hydrogen-bond acceptors (Lipinski definition) is 4. The predicted molar refractivity (Wildman–Crippen MR) is 59.5 cm³/mol. The Bertz CT molecular complexity index is 448. The van der Waals surface area contributed by atoms with Crippen LogP contribution < -0.4 is 0 Å². The molecule has 86 valence electrons. The number of carbonyl (C=O) groups excluding carboxylic acids is 2. The van der Waals surface area contributed by atoms with E-state index in [9.17, 15) is 14.0 Å². The molecular formula is C10H8ClFO3S. The lowest BCUT2D eigenvalue weighted by atomic mass is 10.1. The number of ketones is 1. The van der Waals surface area contributed by atoms with E-state index in [4.69, 9.17) is 11.6 Å². The number of methoxy groups -OCH3 is 1. The summed E-state index contributed by atoms with van der Waals surface area (Å²) in [5.74, 6) is -3.06. The molecule has 0 atom stereocenters. The van der Waals surface area contributed by atoms with Gasteiger partial charge in [-0.2, -0.15) is 0 Å². The number of thioether (sulfide) groups is 1. The molecular weight excluding hydrogens is 255 g/mol. The number of benzene rings is 1. The second kappa shape index (κ2) is 5.32. The van der Waals surface area contributed by atoms with Gasteiger partial charge in [0.2, 0.25) is 0 Å². The Morgan fingerprint density at radius 2 is 2.06 bits per heavy atom. The first-order valence-electron chi connectivity index (χ1n) is 4.17. The molecule has 0 amide bonds. The highest BCUT2D eigenvalue weighted by Gasteiger charge is 2.25. The van der Waals surface area contributed by atoms with Crippen molar-refractivity contribution in [2.24, 2.45) is 0 Å². The summed E-state index contributed by atoms with van der Waals surface area (Å²) >= 11 is 7.07. The Kier molecular flexibility index (Phi) is 4.32. The Labute approximate surface area is 101 Å². The molecule has 3 nitrogen and oxygen atoms in total. The van der Waals surface area contributed by atoms with E-state index < -0.39 is 23.1 Å². The molecule has 0 saturated carbocycles. The van der Waals surface area contributed by atoms with Crippen LogP contribution in [0.3, 0.4) is 0 Å². The Balaban J connectivity index is 3.32. The standard InChI is InChI=1S/C10H8ClFO3S/c1-15-10(14)9(13)7-5(12)3-4-6(16-2)8(7)11/h3-4H,1-2H3. The number of esters is 1. The minimum atomic E-state index is -1.14. The number of hydrogen-bond donors (Lipinski definition) is 0. The summed E-state index contributed by atoms with van der Waals surface area (Å²) in [7, 11) is 1.05. The first-order chi connectivity index (χ1) is 7.52. The van der Waals surface area contributed by atoms with Crippen LogP contribution in [0.2, 0.25) is 5.02 Å². The van der Waals surface area contributed by atoms with Crippen LogP contribution in [0, 0.1) is 5.82 Å². The summed E-state index contributed by atoms with van der Waals surface area (Å²) < 4.78 is 17.6. The van der Waals surface area contributed by atoms with Gasteiger partial charge in [-0.15, -0.1) is 11.8 Å². The fourth-order valence-corrected chi connectivity index (χ4v) is 2.05. The van der Waals surface area contributed by atoms with Crippen molar-refractivity contribution in [1.82, 2.24) is 0 Å². The van der Waals surface area contributed by atoms with Gasteiger partial charge in [-0.3, -0.25) is 4.79 Å². The zero-order chi connectivity index (χ0) is 12.3. The van der Waals surface area contributed by atoms with E-state index >= 15 is 0 Å². The molecule has 0 aliphatic rings. The number of ether oxygens (including phenoxy) is 1. The van der Waals surface area contributed by atoms with Gasteiger partial charge in [0, 0.05) is 4.90 Å². The fraction of sp³-hybridized carbons (Fsp3) is 0.200. The van der Waals surface area contributed by atoms with Gasteiger partial charge in [0.15, 0.2) is 0 Å². The van der Waals surface area contributed by atoms with Gasteiger partial charge in [-0.25, -0.2) is 9.18 Å². The quantitative estimate of drug-likeness (QED) is 0.363. The van der Waals surface area contributed by atoms with E-state index in [1.807, 2.05) is 0 Å². The van der Waals surface area contributed by atoms with Gasteiger partial charge in [-0.05, 0) is 18.4 Å². The monoisotopic (exact) mass is 262 g/mol. The maximum Gasteiger partial charge on any atom is 0.379 e. The van der Waals surface area contributed by atoms with Gasteiger partial charge in [0.05, 0.1) is 17.7 Å². The van der Waals surface area contributed by atoms with Crippen molar-refractivity contribution >= 4 is 35.1 Å². The lowest BCUT2D eigenvalue weighted by Crippen LogP contribution is -2.17. The van der Waals surface area contributed by atoms with Crippen LogP contribution in [0.15, 0.2) is 17.0 Å². The molecule has 1 aromatic carbocycles. The molecule has 0 N–H and O–H groups in total. The summed E-state index contributed by atoms with van der Waals surface area (Å²) in [4.78, 5) is 23.0. The molecule has 6 heteroatoms. The molecule has 1 aromatic rings. The SMILES string of the molecule is COC(=O)C(=O)c1c(F)ccc(SC)c1Cl. The fourth-order valence-electron chi connectivity index (χ4n) is 1.09. The number of halogens is 2. The van der Waals surface area contributed by atoms with E-state index in [0.29, 0.717) is 4.90 Å². The third-order valence-corrected chi connectivity index (χ3v) is 3.16. The molecule has 0 aromatic heterocycles. The largest absolute Gasteiger partial charge is 0.463 e. The van der Waals surface area contributed by atoms with Crippen LogP contribution in [0.4, 0.5) is 4.39 Å². The maximum absolute atomic E-state index is 13.4. The van der Waals surface area contributed by atoms with Crippen molar-refractivity contribution in [1.29, 1.82) is 0 Å². The highest BCUT2D eigenvalue weighted by Crippen LogP contribution is 2.30. The average molecular weight is 263 g/mol. The van der Waals surface area contributed by atoms with Crippen LogP contribution in [0.5, 0.6) is 0 Å². The topological polar surface area (TPSA) is 43.4 Å². The molecule has 0 bridgehead atoms. The zero-order valence-corrected chi connectivity index (χ0v) is 10.1. The summed E-state index contributed by atoms with van der Waals surface area (Å²) in [5, 5.41) is -0.0668. The van der Waals surface area contributed by atoms with E-state index in [0.717, 1.165) is 13.2 Å². The first kappa shape index (κ1) is 13.0. The number of rotatable bonds is 3. The highest BCUT2D eigenvalue weighted by molar-refractivity contribution is 7.98. The average Bonchev–Trinajstić information content (AvgIpc) is 2.28. The summed E-state index contributed by atoms with van der Waals surface area (Å²) in [6.07, 6.45) is 1.73. The third kappa shape index (κ3) is 2.36. The predicted octanol–water partition coefficient (Wildman–Crippen LogP) is 2.56. The first-order valence-corrected chi connectivity index (χ1v) is 5.77. The number of carbonyl (C=O) groups is 2. The lowest BCUT2D eigenvalue weighted by molar-refractivity contribution is -0.135. The Morgan fingerprint density at radius 1 is 1.44 bits per heavy atom. The normalized spacial score (nSPS) is 10.0. The van der Waals surface area contributed by atoms with Gasteiger partial charge in [0.1, 0.15) is 5.82 Å². The van der Waals surface area contributed by atoms with Gasteiger partial charge < -0.3 is 4.74 Å². The molecule has 16 heavy (non-hydrogen) atoms. The third-order valence-electron chi connectivity index (χ3n) is 1.87. The van der Waals surface area contributed by atoms with Crippen molar-refractivity contribution in [3.05, 3.63) is 28.5 Å². The molecule has 0 unspecified atom stereocenters. The van der Waals surface area contributed by atoms with Crippen LogP contribution in [0.25, 0.3) is 0 Å². The van der Waals surface area contributed by atoms with Crippen molar-refractivity contribution in [3.63, 3.8) is 0 Å². The van der Waals surface area contributed by atoms with E-state index in [2.05, 4.69) is 4.74 Å². The van der Waals surface area contributed by atoms with E-state index in [1.165, 1.54) is 17.8 Å². The molecule has 0 fully saturated rings. The smallest absolute Gasteiger partial charge is 0.379 e. The van der Waals surface area contributed by atoms with Crippen molar-refractivity contribution in [2.45, 2.75) is 4.90 Å². The minimum Gasteiger partial charge on any atom is -0.463 e. The van der Waals surface area contributed by atoms with Crippen molar-refractivity contribution < 1.29 is 18.7 Å². The molecule has 0 heterocycles. The summed E-state index contributed by atoms with van der Waals surface area (Å²) in [6, 6.07) is 2.53. The molecule has 0 radical (unpaired) electrons.